The van der Waals surface area contributed by atoms with Gasteiger partial charge in [-0.1, -0.05) is 13.0 Å². The molecule has 3 aromatic heterocycles. The van der Waals surface area contributed by atoms with Crippen LogP contribution in [0.3, 0.4) is 0 Å². The highest BCUT2D eigenvalue weighted by molar-refractivity contribution is 7.20. The van der Waals surface area contributed by atoms with Gasteiger partial charge in [-0.15, -0.1) is 22.7 Å². The first kappa shape index (κ1) is 15.9. The zero-order chi connectivity index (χ0) is 16.7. The summed E-state index contributed by atoms with van der Waals surface area (Å²) in [6.07, 6.45) is 0.334. The molecule has 0 spiro atoms. The number of nitrogens with zero attached hydrogens (tertiary/aromatic N) is 2. The molecule has 0 saturated heterocycles. The Balaban J connectivity index is 2.40. The molecular formula is C16H16N2O3S2. The lowest BCUT2D eigenvalue weighted by molar-refractivity contribution is -0.141. The van der Waals surface area contributed by atoms with Crippen molar-refractivity contribution in [2.75, 3.05) is 0 Å². The molecule has 23 heavy (non-hydrogen) atoms. The van der Waals surface area contributed by atoms with Crippen molar-refractivity contribution < 1.29 is 9.90 Å². The van der Waals surface area contributed by atoms with Gasteiger partial charge in [0.05, 0.1) is 5.39 Å². The number of hydrogen-bond acceptors (Lipinski definition) is 5. The lowest BCUT2D eigenvalue weighted by atomic mass is 10.1. The summed E-state index contributed by atoms with van der Waals surface area (Å²) in [6.45, 7) is 5.41. The van der Waals surface area contributed by atoms with Gasteiger partial charge in [-0.05, 0) is 31.7 Å². The monoisotopic (exact) mass is 348 g/mol. The fourth-order valence-electron chi connectivity index (χ4n) is 2.83. The number of hydrogen-bond donors (Lipinski definition) is 1. The van der Waals surface area contributed by atoms with Crippen LogP contribution in [0.15, 0.2) is 22.3 Å². The molecule has 120 valence electrons. The Morgan fingerprint density at radius 1 is 1.43 bits per heavy atom. The lowest BCUT2D eigenvalue weighted by Gasteiger charge is -2.16. The summed E-state index contributed by atoms with van der Waals surface area (Å²) < 4.78 is 1.31. The molecule has 0 saturated carbocycles. The standard InChI is InChI=1S/C16H16N2O3S2/c1-4-10(16(20)21)18-9(3)17-14-13(15(18)19)12(8(2)23-14)11-6-5-7-22-11/h5-7,10H,4H2,1-3H3,(H,20,21). The maximum atomic E-state index is 13.1. The minimum Gasteiger partial charge on any atom is -0.480 e. The van der Waals surface area contributed by atoms with Crippen molar-refractivity contribution >= 4 is 38.9 Å². The van der Waals surface area contributed by atoms with Gasteiger partial charge in [0.1, 0.15) is 16.7 Å². The second-order valence-corrected chi connectivity index (χ2v) is 7.44. The molecule has 1 atom stereocenters. The fraction of sp³-hybridized carbons (Fsp3) is 0.312. The van der Waals surface area contributed by atoms with E-state index in [1.165, 1.54) is 15.9 Å². The summed E-state index contributed by atoms with van der Waals surface area (Å²) in [4.78, 5) is 31.8. The first-order valence-corrected chi connectivity index (χ1v) is 8.94. The molecule has 3 aromatic rings. The van der Waals surface area contributed by atoms with E-state index < -0.39 is 12.0 Å². The topological polar surface area (TPSA) is 72.2 Å². The first-order chi connectivity index (χ1) is 11.0. The van der Waals surface area contributed by atoms with E-state index in [0.29, 0.717) is 22.5 Å². The predicted molar refractivity (Wildman–Crippen MR) is 93.6 cm³/mol. The van der Waals surface area contributed by atoms with Gasteiger partial charge in [0.15, 0.2) is 0 Å². The molecule has 0 aromatic carbocycles. The number of fused-ring (bicyclic) bond motifs is 1. The number of carboxylic acid groups (broad SMARTS) is 1. The van der Waals surface area contributed by atoms with Gasteiger partial charge in [-0.25, -0.2) is 9.78 Å². The fourth-order valence-corrected chi connectivity index (χ4v) is 4.80. The molecule has 1 N–H and O–H groups in total. The van der Waals surface area contributed by atoms with Crippen LogP contribution in [-0.4, -0.2) is 20.6 Å². The summed E-state index contributed by atoms with van der Waals surface area (Å²) in [6, 6.07) is 3.02. The predicted octanol–water partition coefficient (Wildman–Crippen LogP) is 3.84. The van der Waals surface area contributed by atoms with Crippen molar-refractivity contribution in [2.24, 2.45) is 0 Å². The van der Waals surface area contributed by atoms with Crippen LogP contribution in [0.2, 0.25) is 0 Å². The smallest absolute Gasteiger partial charge is 0.326 e. The average Bonchev–Trinajstić information content (AvgIpc) is 3.09. The zero-order valence-corrected chi connectivity index (χ0v) is 14.6. The van der Waals surface area contributed by atoms with Crippen molar-refractivity contribution in [1.29, 1.82) is 0 Å². The Labute approximate surface area is 140 Å². The summed E-state index contributed by atoms with van der Waals surface area (Å²) in [7, 11) is 0. The number of aryl methyl sites for hydroxylation is 2. The minimum atomic E-state index is -1.01. The highest BCUT2D eigenvalue weighted by atomic mass is 32.1. The Hall–Kier alpha value is -1.99. The second kappa shape index (κ2) is 5.90. The molecule has 7 heteroatoms. The third-order valence-electron chi connectivity index (χ3n) is 3.86. The van der Waals surface area contributed by atoms with E-state index in [4.69, 9.17) is 0 Å². The average molecular weight is 348 g/mol. The molecule has 0 radical (unpaired) electrons. The number of carbonyl (C=O) groups is 1. The van der Waals surface area contributed by atoms with Crippen molar-refractivity contribution in [1.82, 2.24) is 9.55 Å². The van der Waals surface area contributed by atoms with E-state index in [2.05, 4.69) is 4.98 Å². The van der Waals surface area contributed by atoms with Gasteiger partial charge in [-0.3, -0.25) is 9.36 Å². The highest BCUT2D eigenvalue weighted by Crippen LogP contribution is 2.38. The van der Waals surface area contributed by atoms with E-state index in [9.17, 15) is 14.7 Å². The molecule has 0 bridgehead atoms. The maximum absolute atomic E-state index is 13.1. The molecule has 5 nitrogen and oxygen atoms in total. The van der Waals surface area contributed by atoms with Crippen LogP contribution in [0.5, 0.6) is 0 Å². The Morgan fingerprint density at radius 2 is 2.17 bits per heavy atom. The number of aromatic nitrogens is 2. The molecule has 0 aliphatic carbocycles. The molecule has 0 aliphatic heterocycles. The van der Waals surface area contributed by atoms with Gasteiger partial charge < -0.3 is 5.11 Å². The summed E-state index contributed by atoms with van der Waals surface area (Å²) in [5.41, 5.74) is 0.612. The normalized spacial score (nSPS) is 12.7. The second-order valence-electron chi connectivity index (χ2n) is 5.29. The molecule has 0 amide bonds. The number of carboxylic acids is 1. The number of aliphatic carboxylic acids is 1. The third-order valence-corrected chi connectivity index (χ3v) is 5.75. The van der Waals surface area contributed by atoms with Gasteiger partial charge in [0.25, 0.3) is 5.56 Å². The van der Waals surface area contributed by atoms with Crippen molar-refractivity contribution in [3.8, 4) is 10.4 Å². The Bertz CT molecular complexity index is 939. The molecule has 3 rings (SSSR count). The van der Waals surface area contributed by atoms with E-state index in [-0.39, 0.29) is 5.56 Å². The van der Waals surface area contributed by atoms with Crippen LogP contribution >= 0.6 is 22.7 Å². The van der Waals surface area contributed by atoms with E-state index in [1.807, 2.05) is 24.4 Å². The van der Waals surface area contributed by atoms with Crippen LogP contribution in [0.4, 0.5) is 0 Å². The highest BCUT2D eigenvalue weighted by Gasteiger charge is 2.25. The van der Waals surface area contributed by atoms with E-state index in [1.54, 1.807) is 25.2 Å². The Kier molecular flexibility index (Phi) is 4.08. The first-order valence-electron chi connectivity index (χ1n) is 7.24. The largest absolute Gasteiger partial charge is 0.480 e. The quantitative estimate of drug-likeness (QED) is 0.777. The van der Waals surface area contributed by atoms with E-state index in [0.717, 1.165) is 15.3 Å². The van der Waals surface area contributed by atoms with Crippen LogP contribution in [0.1, 0.15) is 30.1 Å². The van der Waals surface area contributed by atoms with Crippen molar-refractivity contribution in [3.63, 3.8) is 0 Å². The van der Waals surface area contributed by atoms with Gasteiger partial charge in [0, 0.05) is 15.3 Å². The molecule has 0 aliphatic rings. The van der Waals surface area contributed by atoms with Crippen LogP contribution < -0.4 is 5.56 Å². The van der Waals surface area contributed by atoms with Crippen molar-refractivity contribution in [2.45, 2.75) is 33.2 Å². The Morgan fingerprint density at radius 3 is 2.74 bits per heavy atom. The minimum absolute atomic E-state index is 0.269. The van der Waals surface area contributed by atoms with Crippen LogP contribution in [0, 0.1) is 13.8 Å². The summed E-state index contributed by atoms with van der Waals surface area (Å²) in [5, 5.41) is 11.9. The number of thiophene rings is 2. The van der Waals surface area contributed by atoms with Crippen LogP contribution in [-0.2, 0) is 4.79 Å². The lowest BCUT2D eigenvalue weighted by Crippen LogP contribution is -2.32. The molecule has 3 heterocycles. The molecule has 1 unspecified atom stereocenters. The third kappa shape index (κ3) is 2.49. The van der Waals surface area contributed by atoms with Gasteiger partial charge in [-0.2, -0.15) is 0 Å². The van der Waals surface area contributed by atoms with Gasteiger partial charge >= 0.3 is 5.97 Å². The van der Waals surface area contributed by atoms with E-state index >= 15 is 0 Å². The molecule has 0 fully saturated rings. The van der Waals surface area contributed by atoms with Crippen molar-refractivity contribution in [3.05, 3.63) is 38.6 Å². The number of rotatable bonds is 4. The van der Waals surface area contributed by atoms with Gasteiger partial charge in [0.2, 0.25) is 0 Å². The van der Waals surface area contributed by atoms with Crippen LogP contribution in [0.25, 0.3) is 20.7 Å². The maximum Gasteiger partial charge on any atom is 0.326 e. The summed E-state index contributed by atoms with van der Waals surface area (Å²) >= 11 is 3.04. The summed E-state index contributed by atoms with van der Waals surface area (Å²) in [5.74, 6) is -0.570. The SMILES string of the molecule is CCC(C(=O)O)n1c(C)nc2sc(C)c(-c3cccs3)c2c1=O. The molecular weight excluding hydrogens is 332 g/mol. The zero-order valence-electron chi connectivity index (χ0n) is 13.0.